The van der Waals surface area contributed by atoms with Crippen molar-refractivity contribution in [2.45, 2.75) is 12.5 Å². The van der Waals surface area contributed by atoms with Gasteiger partial charge in [0.05, 0.1) is 0 Å². The summed E-state index contributed by atoms with van der Waals surface area (Å²) in [6, 6.07) is 9.17. The van der Waals surface area contributed by atoms with E-state index in [-0.39, 0.29) is 18.5 Å². The third-order valence-corrected chi connectivity index (χ3v) is 2.92. The predicted octanol–water partition coefficient (Wildman–Crippen LogP) is 1.96. The average Bonchev–Trinajstić information content (AvgIpc) is 2.83. The summed E-state index contributed by atoms with van der Waals surface area (Å²) in [6.07, 6.45) is 0.991. The molecular weight excluding hydrogens is 254 g/mol. The SMILES string of the molecule is Cl.O=c1oc2ccccc2cc1O[C@@H]1CCNC1. The van der Waals surface area contributed by atoms with Crippen molar-refractivity contribution in [2.75, 3.05) is 13.1 Å². The van der Waals surface area contributed by atoms with Gasteiger partial charge >= 0.3 is 5.63 Å². The van der Waals surface area contributed by atoms with Crippen molar-refractivity contribution < 1.29 is 9.15 Å². The molecule has 0 saturated carbocycles. The zero-order valence-electron chi connectivity index (χ0n) is 9.72. The van der Waals surface area contributed by atoms with Crippen LogP contribution in [0, 0.1) is 0 Å². The lowest BCUT2D eigenvalue weighted by atomic mass is 10.2. The fourth-order valence-corrected chi connectivity index (χ4v) is 2.03. The van der Waals surface area contributed by atoms with E-state index in [1.165, 1.54) is 0 Å². The molecule has 4 nitrogen and oxygen atoms in total. The van der Waals surface area contributed by atoms with E-state index in [9.17, 15) is 4.79 Å². The maximum atomic E-state index is 11.7. The number of hydrogen-bond donors (Lipinski definition) is 1. The van der Waals surface area contributed by atoms with Gasteiger partial charge in [0, 0.05) is 11.9 Å². The first kappa shape index (κ1) is 12.9. The Morgan fingerprint density at radius 3 is 2.94 bits per heavy atom. The molecular formula is C13H14ClNO3. The van der Waals surface area contributed by atoms with Crippen LogP contribution in [-0.4, -0.2) is 19.2 Å². The molecule has 1 aromatic carbocycles. The molecule has 0 amide bonds. The lowest BCUT2D eigenvalue weighted by molar-refractivity contribution is 0.214. The average molecular weight is 268 g/mol. The molecule has 2 aromatic rings. The van der Waals surface area contributed by atoms with E-state index in [0.29, 0.717) is 11.3 Å². The standard InChI is InChI=1S/C13H13NO3.ClH/c15-13-12(16-10-5-6-14-8-10)7-9-3-1-2-4-11(9)17-13;/h1-4,7,10,14H,5-6,8H2;1H/t10-;/m1./s1. The lowest BCUT2D eigenvalue weighted by Crippen LogP contribution is -2.22. The van der Waals surface area contributed by atoms with E-state index in [1.807, 2.05) is 18.2 Å². The molecule has 1 N–H and O–H groups in total. The number of ether oxygens (including phenoxy) is 1. The fraction of sp³-hybridized carbons (Fsp3) is 0.308. The molecule has 1 aliphatic rings. The Morgan fingerprint density at radius 1 is 1.33 bits per heavy atom. The maximum absolute atomic E-state index is 11.7. The molecule has 0 unspecified atom stereocenters. The smallest absolute Gasteiger partial charge is 0.379 e. The molecule has 3 rings (SSSR count). The van der Waals surface area contributed by atoms with Gasteiger partial charge in [-0.25, -0.2) is 4.79 Å². The second-order valence-electron chi connectivity index (χ2n) is 4.17. The molecule has 5 heteroatoms. The van der Waals surface area contributed by atoms with Crippen LogP contribution in [0.1, 0.15) is 6.42 Å². The molecule has 0 spiro atoms. The summed E-state index contributed by atoms with van der Waals surface area (Å²) in [4.78, 5) is 11.7. The topological polar surface area (TPSA) is 51.5 Å². The Labute approximate surface area is 110 Å². The third-order valence-electron chi connectivity index (χ3n) is 2.92. The first-order valence-electron chi connectivity index (χ1n) is 5.73. The van der Waals surface area contributed by atoms with Crippen molar-refractivity contribution in [2.24, 2.45) is 0 Å². The fourth-order valence-electron chi connectivity index (χ4n) is 2.03. The van der Waals surface area contributed by atoms with Crippen LogP contribution in [0.5, 0.6) is 5.75 Å². The minimum absolute atomic E-state index is 0. The predicted molar refractivity (Wildman–Crippen MR) is 71.6 cm³/mol. The molecule has 96 valence electrons. The minimum atomic E-state index is -0.407. The first-order chi connectivity index (χ1) is 8.33. The number of rotatable bonds is 2. The number of halogens is 1. The molecule has 0 aliphatic carbocycles. The number of para-hydroxylation sites is 1. The van der Waals surface area contributed by atoms with E-state index < -0.39 is 5.63 Å². The van der Waals surface area contributed by atoms with Crippen LogP contribution >= 0.6 is 12.4 Å². The van der Waals surface area contributed by atoms with Gasteiger partial charge in [-0.15, -0.1) is 12.4 Å². The van der Waals surface area contributed by atoms with Gasteiger partial charge in [-0.05, 0) is 25.1 Å². The highest BCUT2D eigenvalue weighted by atomic mass is 35.5. The Bertz CT molecular complexity index is 590. The number of hydrogen-bond acceptors (Lipinski definition) is 4. The van der Waals surface area contributed by atoms with E-state index >= 15 is 0 Å². The number of benzene rings is 1. The molecule has 2 heterocycles. The molecule has 1 saturated heterocycles. The van der Waals surface area contributed by atoms with Gasteiger partial charge in [-0.2, -0.15) is 0 Å². The van der Waals surface area contributed by atoms with Gasteiger partial charge < -0.3 is 14.5 Å². The van der Waals surface area contributed by atoms with E-state index in [1.54, 1.807) is 12.1 Å². The van der Waals surface area contributed by atoms with E-state index in [4.69, 9.17) is 9.15 Å². The highest BCUT2D eigenvalue weighted by Crippen LogP contribution is 2.18. The summed E-state index contributed by atoms with van der Waals surface area (Å²) in [5, 5.41) is 4.07. The molecule has 1 aliphatic heterocycles. The summed E-state index contributed by atoms with van der Waals surface area (Å²) >= 11 is 0. The molecule has 1 fully saturated rings. The van der Waals surface area contributed by atoms with Crippen molar-refractivity contribution >= 4 is 23.4 Å². The highest BCUT2D eigenvalue weighted by molar-refractivity contribution is 5.85. The number of nitrogens with one attached hydrogen (secondary N) is 1. The Hall–Kier alpha value is -1.52. The van der Waals surface area contributed by atoms with Gasteiger partial charge in [0.2, 0.25) is 5.75 Å². The minimum Gasteiger partial charge on any atom is -0.482 e. The summed E-state index contributed by atoms with van der Waals surface area (Å²) in [6.45, 7) is 1.72. The zero-order chi connectivity index (χ0) is 11.7. The second-order valence-corrected chi connectivity index (χ2v) is 4.17. The molecule has 0 bridgehead atoms. The normalized spacial score (nSPS) is 18.6. The van der Waals surface area contributed by atoms with Crippen molar-refractivity contribution in [3.05, 3.63) is 40.8 Å². The van der Waals surface area contributed by atoms with Gasteiger partial charge in [0.15, 0.2) is 0 Å². The van der Waals surface area contributed by atoms with Crippen LogP contribution < -0.4 is 15.7 Å². The Balaban J connectivity index is 0.00000120. The van der Waals surface area contributed by atoms with Gasteiger partial charge in [-0.1, -0.05) is 18.2 Å². The Morgan fingerprint density at radius 2 is 2.17 bits per heavy atom. The molecule has 18 heavy (non-hydrogen) atoms. The van der Waals surface area contributed by atoms with Crippen molar-refractivity contribution in [1.29, 1.82) is 0 Å². The molecule has 1 aromatic heterocycles. The highest BCUT2D eigenvalue weighted by Gasteiger charge is 2.18. The Kier molecular flexibility index (Phi) is 3.89. The monoisotopic (exact) mass is 267 g/mol. The maximum Gasteiger partial charge on any atom is 0.379 e. The lowest BCUT2D eigenvalue weighted by Gasteiger charge is -2.11. The molecule has 0 radical (unpaired) electrons. The van der Waals surface area contributed by atoms with Crippen LogP contribution in [0.4, 0.5) is 0 Å². The van der Waals surface area contributed by atoms with Crippen LogP contribution in [-0.2, 0) is 0 Å². The van der Waals surface area contributed by atoms with Crippen LogP contribution in [0.25, 0.3) is 11.0 Å². The zero-order valence-corrected chi connectivity index (χ0v) is 10.5. The summed E-state index contributed by atoms with van der Waals surface area (Å²) in [5.74, 6) is 0.303. The summed E-state index contributed by atoms with van der Waals surface area (Å²) < 4.78 is 10.8. The van der Waals surface area contributed by atoms with Crippen LogP contribution in [0.15, 0.2) is 39.5 Å². The van der Waals surface area contributed by atoms with E-state index in [2.05, 4.69) is 5.32 Å². The second kappa shape index (κ2) is 5.42. The van der Waals surface area contributed by atoms with Crippen molar-refractivity contribution in [1.82, 2.24) is 5.32 Å². The number of fused-ring (bicyclic) bond motifs is 1. The third kappa shape index (κ3) is 2.49. The molecule has 1 atom stereocenters. The van der Waals surface area contributed by atoms with E-state index in [0.717, 1.165) is 24.9 Å². The largest absolute Gasteiger partial charge is 0.482 e. The van der Waals surface area contributed by atoms with Gasteiger partial charge in [-0.3, -0.25) is 0 Å². The van der Waals surface area contributed by atoms with Gasteiger partial charge in [0.25, 0.3) is 0 Å². The van der Waals surface area contributed by atoms with Crippen LogP contribution in [0.2, 0.25) is 0 Å². The van der Waals surface area contributed by atoms with Crippen LogP contribution in [0.3, 0.4) is 0 Å². The summed E-state index contributed by atoms with van der Waals surface area (Å²) in [5.41, 5.74) is 0.185. The van der Waals surface area contributed by atoms with Gasteiger partial charge in [0.1, 0.15) is 11.7 Å². The first-order valence-corrected chi connectivity index (χ1v) is 5.73. The van der Waals surface area contributed by atoms with Crippen molar-refractivity contribution in [3.63, 3.8) is 0 Å². The van der Waals surface area contributed by atoms with Crippen molar-refractivity contribution in [3.8, 4) is 5.75 Å². The quantitative estimate of drug-likeness (QED) is 0.845. The summed E-state index contributed by atoms with van der Waals surface area (Å²) in [7, 11) is 0.